The van der Waals surface area contributed by atoms with Crippen LogP contribution >= 0.6 is 11.6 Å². The molecule has 0 spiro atoms. The van der Waals surface area contributed by atoms with Gasteiger partial charge in [-0.2, -0.15) is 0 Å². The van der Waals surface area contributed by atoms with Crippen LogP contribution in [0.3, 0.4) is 0 Å². The second-order valence-corrected chi connectivity index (χ2v) is 4.28. The van der Waals surface area contributed by atoms with Crippen LogP contribution in [0.15, 0.2) is 24.3 Å². The average molecular weight is 245 g/mol. The molecule has 0 N–H and O–H groups in total. The van der Waals surface area contributed by atoms with Crippen LogP contribution in [0.5, 0.6) is 0 Å². The average Bonchev–Trinajstić information content (AvgIpc) is 2.77. The van der Waals surface area contributed by atoms with E-state index in [-0.39, 0.29) is 5.82 Å². The van der Waals surface area contributed by atoms with Crippen molar-refractivity contribution in [2.45, 2.75) is 18.4 Å². The van der Waals surface area contributed by atoms with Crippen molar-refractivity contribution < 1.29 is 13.9 Å². The van der Waals surface area contributed by atoms with Gasteiger partial charge in [0.25, 0.3) is 0 Å². The highest BCUT2D eigenvalue weighted by Gasteiger charge is 2.37. The largest absolute Gasteiger partial charge is 0.352 e. The molecule has 4 heteroatoms. The van der Waals surface area contributed by atoms with E-state index in [4.69, 9.17) is 21.1 Å². The minimum atomic E-state index is -0.442. The predicted molar refractivity (Wildman–Crippen MR) is 59.9 cm³/mol. The van der Waals surface area contributed by atoms with Crippen LogP contribution in [-0.4, -0.2) is 19.3 Å². The van der Waals surface area contributed by atoms with E-state index in [0.29, 0.717) is 19.3 Å². The van der Waals surface area contributed by atoms with E-state index in [1.165, 1.54) is 12.1 Å². The van der Waals surface area contributed by atoms with Crippen LogP contribution in [0.1, 0.15) is 18.4 Å². The highest BCUT2D eigenvalue weighted by molar-refractivity contribution is 6.17. The Labute approximate surface area is 99.3 Å². The summed E-state index contributed by atoms with van der Waals surface area (Å²) in [5, 5.41) is 0. The summed E-state index contributed by atoms with van der Waals surface area (Å²) in [6, 6.07) is 6.38. The van der Waals surface area contributed by atoms with Crippen molar-refractivity contribution in [1.29, 1.82) is 0 Å². The molecule has 88 valence electrons. The second kappa shape index (κ2) is 5.13. The zero-order valence-electron chi connectivity index (χ0n) is 8.92. The lowest BCUT2D eigenvalue weighted by Crippen LogP contribution is -2.28. The van der Waals surface area contributed by atoms with E-state index in [0.717, 1.165) is 18.4 Å². The summed E-state index contributed by atoms with van der Waals surface area (Å²) in [7, 11) is 0. The Morgan fingerprint density at radius 3 is 2.62 bits per heavy atom. The quantitative estimate of drug-likeness (QED) is 0.758. The van der Waals surface area contributed by atoms with Gasteiger partial charge in [0, 0.05) is 5.88 Å². The molecule has 0 radical (unpaired) electrons. The minimum Gasteiger partial charge on any atom is -0.352 e. The Morgan fingerprint density at radius 1 is 1.31 bits per heavy atom. The Balaban J connectivity index is 2.21. The van der Waals surface area contributed by atoms with Gasteiger partial charge < -0.3 is 9.47 Å². The number of rotatable bonds is 4. The number of hydrogen-bond donors (Lipinski definition) is 0. The van der Waals surface area contributed by atoms with Gasteiger partial charge in [0.1, 0.15) is 18.2 Å². The highest BCUT2D eigenvalue weighted by Crippen LogP contribution is 2.35. The maximum Gasteiger partial charge on any atom is 0.148 e. The molecule has 1 saturated heterocycles. The van der Waals surface area contributed by atoms with Crippen LogP contribution in [0.2, 0.25) is 0 Å². The third-order valence-electron chi connectivity index (χ3n) is 2.84. The number of halogens is 2. The summed E-state index contributed by atoms with van der Waals surface area (Å²) < 4.78 is 23.8. The molecule has 1 aromatic carbocycles. The van der Waals surface area contributed by atoms with Gasteiger partial charge in [-0.1, -0.05) is 12.1 Å². The van der Waals surface area contributed by atoms with E-state index < -0.39 is 5.60 Å². The fraction of sp³-hybridized carbons (Fsp3) is 0.500. The zero-order chi connectivity index (χ0) is 11.4. The molecule has 1 heterocycles. The fourth-order valence-electron chi connectivity index (χ4n) is 1.96. The molecule has 2 rings (SSSR count). The first-order valence-electron chi connectivity index (χ1n) is 5.30. The van der Waals surface area contributed by atoms with Gasteiger partial charge in [0.15, 0.2) is 0 Å². The third kappa shape index (κ3) is 2.37. The molecule has 2 nitrogen and oxygen atoms in total. The van der Waals surface area contributed by atoms with Gasteiger partial charge in [-0.3, -0.25) is 0 Å². The van der Waals surface area contributed by atoms with Crippen LogP contribution < -0.4 is 0 Å². The van der Waals surface area contributed by atoms with Gasteiger partial charge in [0.05, 0.1) is 6.61 Å². The van der Waals surface area contributed by atoms with Crippen molar-refractivity contribution in [3.63, 3.8) is 0 Å². The Bertz CT molecular complexity index is 333. The molecule has 0 aliphatic carbocycles. The van der Waals surface area contributed by atoms with Crippen molar-refractivity contribution >= 4 is 11.6 Å². The van der Waals surface area contributed by atoms with Gasteiger partial charge in [-0.05, 0) is 30.5 Å². The maximum atomic E-state index is 12.9. The Morgan fingerprint density at radius 2 is 2.06 bits per heavy atom. The topological polar surface area (TPSA) is 18.5 Å². The molecule has 1 fully saturated rings. The fourth-order valence-corrected chi connectivity index (χ4v) is 2.10. The molecule has 1 aliphatic heterocycles. The maximum absolute atomic E-state index is 12.9. The summed E-state index contributed by atoms with van der Waals surface area (Å²) >= 11 is 5.70. The van der Waals surface area contributed by atoms with E-state index in [2.05, 4.69) is 0 Å². The predicted octanol–water partition coefficient (Wildman–Crippen LogP) is 3.04. The van der Waals surface area contributed by atoms with E-state index >= 15 is 0 Å². The summed E-state index contributed by atoms with van der Waals surface area (Å²) in [5.41, 5.74) is 0.513. The Hall–Kier alpha value is -0.640. The zero-order valence-corrected chi connectivity index (χ0v) is 9.67. The molecule has 0 aromatic heterocycles. The summed E-state index contributed by atoms with van der Waals surface area (Å²) in [6.07, 6.45) is 1.64. The molecule has 0 bridgehead atoms. The molecular weight excluding hydrogens is 231 g/mol. The van der Waals surface area contributed by atoms with E-state index in [1.54, 1.807) is 12.1 Å². The lowest BCUT2D eigenvalue weighted by atomic mass is 9.90. The van der Waals surface area contributed by atoms with Crippen molar-refractivity contribution in [1.82, 2.24) is 0 Å². The lowest BCUT2D eigenvalue weighted by molar-refractivity contribution is -0.0171. The molecule has 16 heavy (non-hydrogen) atoms. The van der Waals surface area contributed by atoms with Gasteiger partial charge in [-0.25, -0.2) is 4.39 Å². The number of alkyl halides is 1. The first-order chi connectivity index (χ1) is 7.77. The third-order valence-corrected chi connectivity index (χ3v) is 3.11. The summed E-state index contributed by atoms with van der Waals surface area (Å²) in [4.78, 5) is 0. The Kier molecular flexibility index (Phi) is 3.79. The number of ether oxygens (including phenoxy) is 2. The van der Waals surface area contributed by atoms with E-state index in [1.807, 2.05) is 0 Å². The molecular formula is C12H14ClFO2. The van der Waals surface area contributed by atoms with Gasteiger partial charge >= 0.3 is 0 Å². The normalized spacial score (nSPS) is 24.9. The second-order valence-electron chi connectivity index (χ2n) is 3.90. The minimum absolute atomic E-state index is 0.241. The van der Waals surface area contributed by atoms with Crippen molar-refractivity contribution in [3.05, 3.63) is 35.6 Å². The van der Waals surface area contributed by atoms with Crippen LogP contribution in [0.25, 0.3) is 0 Å². The first kappa shape index (κ1) is 11.8. The summed E-state index contributed by atoms with van der Waals surface area (Å²) in [5.74, 6) is 0.349. The van der Waals surface area contributed by atoms with Gasteiger partial charge in [0.2, 0.25) is 0 Å². The molecule has 1 aromatic rings. The van der Waals surface area contributed by atoms with Crippen LogP contribution in [0, 0.1) is 5.82 Å². The SMILES string of the molecule is Fc1ccc([C@@]2(CCCCl)COCO2)cc1. The van der Waals surface area contributed by atoms with Crippen molar-refractivity contribution in [2.24, 2.45) is 0 Å². The van der Waals surface area contributed by atoms with Crippen LogP contribution in [0.4, 0.5) is 4.39 Å². The number of hydrogen-bond acceptors (Lipinski definition) is 2. The molecule has 0 unspecified atom stereocenters. The molecule has 1 atom stereocenters. The number of benzene rings is 1. The highest BCUT2D eigenvalue weighted by atomic mass is 35.5. The van der Waals surface area contributed by atoms with Gasteiger partial charge in [-0.15, -0.1) is 11.6 Å². The smallest absolute Gasteiger partial charge is 0.148 e. The standard InChI is InChI=1S/C12H14ClFO2/c13-7-1-6-12(8-15-9-16-12)10-2-4-11(14)5-3-10/h2-5H,1,6-9H2/t12-/m1/s1. The molecule has 0 saturated carbocycles. The lowest BCUT2D eigenvalue weighted by Gasteiger charge is -2.26. The van der Waals surface area contributed by atoms with Crippen molar-refractivity contribution in [3.8, 4) is 0 Å². The van der Waals surface area contributed by atoms with Crippen molar-refractivity contribution in [2.75, 3.05) is 19.3 Å². The monoisotopic (exact) mass is 244 g/mol. The van der Waals surface area contributed by atoms with E-state index in [9.17, 15) is 4.39 Å². The first-order valence-corrected chi connectivity index (χ1v) is 5.84. The van der Waals surface area contributed by atoms with Crippen LogP contribution in [-0.2, 0) is 15.1 Å². The summed E-state index contributed by atoms with van der Waals surface area (Å²) in [6.45, 7) is 0.801. The molecule has 1 aliphatic rings. The molecule has 0 amide bonds.